The summed E-state index contributed by atoms with van der Waals surface area (Å²) in [5.74, 6) is -0.00616. The van der Waals surface area contributed by atoms with E-state index in [0.717, 1.165) is 12.1 Å². The first-order valence-electron chi connectivity index (χ1n) is 6.88. The minimum absolute atomic E-state index is 0.00616. The van der Waals surface area contributed by atoms with Crippen molar-refractivity contribution in [2.24, 2.45) is 0 Å². The molecule has 2 aromatic rings. The van der Waals surface area contributed by atoms with Gasteiger partial charge < -0.3 is 5.32 Å². The lowest BCUT2D eigenvalue weighted by molar-refractivity contribution is -0.122. The molecule has 0 saturated heterocycles. The molecule has 0 fully saturated rings. The van der Waals surface area contributed by atoms with Gasteiger partial charge in [0.05, 0.1) is 6.54 Å². The number of carbonyl (C=O) groups is 1. The number of rotatable bonds is 6. The molecule has 0 unspecified atom stereocenters. The summed E-state index contributed by atoms with van der Waals surface area (Å²) < 4.78 is 0. The first-order valence-corrected chi connectivity index (χ1v) is 7.25. The first-order chi connectivity index (χ1) is 10.1. The average molecular weight is 303 g/mol. The molecule has 2 rings (SSSR count). The third-order valence-corrected chi connectivity index (χ3v) is 3.51. The van der Waals surface area contributed by atoms with Crippen LogP contribution in [0.2, 0.25) is 5.02 Å². The summed E-state index contributed by atoms with van der Waals surface area (Å²) in [4.78, 5) is 13.9. The summed E-state index contributed by atoms with van der Waals surface area (Å²) in [6, 6.07) is 17.6. The molecule has 0 aliphatic carbocycles. The maximum absolute atomic E-state index is 11.9. The molecule has 0 atom stereocenters. The molecule has 0 spiro atoms. The van der Waals surface area contributed by atoms with Crippen LogP contribution < -0.4 is 5.32 Å². The molecule has 4 heteroatoms. The predicted molar refractivity (Wildman–Crippen MR) is 86.1 cm³/mol. The highest BCUT2D eigenvalue weighted by Gasteiger charge is 2.07. The van der Waals surface area contributed by atoms with E-state index < -0.39 is 0 Å². The van der Waals surface area contributed by atoms with Crippen molar-refractivity contribution in [2.75, 3.05) is 13.6 Å². The monoisotopic (exact) mass is 302 g/mol. The van der Waals surface area contributed by atoms with Gasteiger partial charge in [-0.25, -0.2) is 0 Å². The molecule has 0 saturated carbocycles. The van der Waals surface area contributed by atoms with Gasteiger partial charge in [0, 0.05) is 18.1 Å². The van der Waals surface area contributed by atoms with Crippen LogP contribution in [0.3, 0.4) is 0 Å². The average Bonchev–Trinajstić information content (AvgIpc) is 2.47. The van der Waals surface area contributed by atoms with Crippen molar-refractivity contribution in [3.8, 4) is 0 Å². The van der Waals surface area contributed by atoms with Gasteiger partial charge in [0.15, 0.2) is 0 Å². The Bertz CT molecular complexity index is 586. The number of nitrogens with one attached hydrogen (secondary N) is 1. The fourth-order valence-corrected chi connectivity index (χ4v) is 2.29. The van der Waals surface area contributed by atoms with Crippen molar-refractivity contribution < 1.29 is 4.79 Å². The number of nitrogens with zero attached hydrogens (tertiary/aromatic N) is 1. The van der Waals surface area contributed by atoms with Crippen LogP contribution in [0.4, 0.5) is 0 Å². The normalized spacial score (nSPS) is 10.6. The van der Waals surface area contributed by atoms with Crippen molar-refractivity contribution >= 4 is 17.5 Å². The van der Waals surface area contributed by atoms with E-state index in [1.807, 2.05) is 54.4 Å². The summed E-state index contributed by atoms with van der Waals surface area (Å²) in [6.45, 7) is 1.57. The number of amides is 1. The van der Waals surface area contributed by atoms with Crippen LogP contribution in [0, 0.1) is 0 Å². The van der Waals surface area contributed by atoms with Gasteiger partial charge >= 0.3 is 0 Å². The van der Waals surface area contributed by atoms with Crippen LogP contribution in [-0.2, 0) is 17.9 Å². The van der Waals surface area contributed by atoms with Crippen LogP contribution in [0.5, 0.6) is 0 Å². The van der Waals surface area contributed by atoms with Crippen LogP contribution in [-0.4, -0.2) is 24.4 Å². The number of halogens is 1. The zero-order valence-corrected chi connectivity index (χ0v) is 12.8. The van der Waals surface area contributed by atoms with Crippen LogP contribution in [0.25, 0.3) is 0 Å². The zero-order valence-electron chi connectivity index (χ0n) is 12.1. The molecule has 0 radical (unpaired) electrons. The number of hydrogen-bond donors (Lipinski definition) is 1. The largest absolute Gasteiger partial charge is 0.351 e. The summed E-state index contributed by atoms with van der Waals surface area (Å²) in [5, 5.41) is 3.57. The minimum Gasteiger partial charge on any atom is -0.351 e. The second-order valence-corrected chi connectivity index (χ2v) is 5.43. The molecule has 110 valence electrons. The van der Waals surface area contributed by atoms with Crippen molar-refractivity contribution in [3.05, 3.63) is 70.7 Å². The van der Waals surface area contributed by atoms with Crippen molar-refractivity contribution in [1.82, 2.24) is 10.2 Å². The second-order valence-electron chi connectivity index (χ2n) is 5.03. The maximum Gasteiger partial charge on any atom is 0.234 e. The Hall–Kier alpha value is -1.84. The maximum atomic E-state index is 11.9. The third kappa shape index (κ3) is 5.21. The smallest absolute Gasteiger partial charge is 0.234 e. The highest BCUT2D eigenvalue weighted by molar-refractivity contribution is 6.31. The minimum atomic E-state index is -0.00616. The van der Waals surface area contributed by atoms with E-state index in [0.29, 0.717) is 18.1 Å². The summed E-state index contributed by atoms with van der Waals surface area (Å²) in [5.41, 5.74) is 2.12. The highest BCUT2D eigenvalue weighted by atomic mass is 35.5. The Kier molecular flexibility index (Phi) is 5.78. The lowest BCUT2D eigenvalue weighted by Crippen LogP contribution is -2.34. The molecule has 0 heterocycles. The standard InChI is InChI=1S/C17H19ClN2O/c1-20(12-14-7-3-2-4-8-14)13-17(21)19-11-15-9-5-6-10-16(15)18/h2-10H,11-13H2,1H3,(H,19,21). The molecule has 21 heavy (non-hydrogen) atoms. The molecule has 1 N–H and O–H groups in total. The number of likely N-dealkylation sites (N-methyl/N-ethyl adjacent to an activating group) is 1. The molecular formula is C17H19ClN2O. The zero-order chi connectivity index (χ0) is 15.1. The molecule has 0 aliphatic heterocycles. The van der Waals surface area contributed by atoms with Crippen molar-refractivity contribution in [1.29, 1.82) is 0 Å². The van der Waals surface area contributed by atoms with Gasteiger partial charge in [-0.15, -0.1) is 0 Å². The van der Waals surface area contributed by atoms with Gasteiger partial charge in [0.1, 0.15) is 0 Å². The number of benzene rings is 2. The Balaban J connectivity index is 1.78. The Labute approximate surface area is 130 Å². The van der Waals surface area contributed by atoms with Gasteiger partial charge in [-0.3, -0.25) is 9.69 Å². The van der Waals surface area contributed by atoms with Gasteiger partial charge in [-0.05, 0) is 24.2 Å². The first kappa shape index (κ1) is 15.5. The van der Waals surface area contributed by atoms with Crippen LogP contribution >= 0.6 is 11.6 Å². The SMILES string of the molecule is CN(CC(=O)NCc1ccccc1Cl)Cc1ccccc1. The third-order valence-electron chi connectivity index (χ3n) is 3.14. The van der Waals surface area contributed by atoms with E-state index in [2.05, 4.69) is 17.4 Å². The molecule has 0 bridgehead atoms. The van der Waals surface area contributed by atoms with E-state index in [1.54, 1.807) is 0 Å². The van der Waals surface area contributed by atoms with Gasteiger partial charge in [-0.1, -0.05) is 60.1 Å². The van der Waals surface area contributed by atoms with E-state index in [1.165, 1.54) is 5.56 Å². The van der Waals surface area contributed by atoms with E-state index in [4.69, 9.17) is 11.6 Å². The molecule has 3 nitrogen and oxygen atoms in total. The van der Waals surface area contributed by atoms with Gasteiger partial charge in [0.2, 0.25) is 5.91 Å². The number of hydrogen-bond acceptors (Lipinski definition) is 2. The van der Waals surface area contributed by atoms with Gasteiger partial charge in [0.25, 0.3) is 0 Å². The fourth-order valence-electron chi connectivity index (χ4n) is 2.09. The molecule has 0 aromatic heterocycles. The van der Waals surface area contributed by atoms with E-state index in [9.17, 15) is 4.79 Å². The van der Waals surface area contributed by atoms with E-state index >= 15 is 0 Å². The Morgan fingerprint density at radius 3 is 2.48 bits per heavy atom. The summed E-state index contributed by atoms with van der Waals surface area (Å²) in [7, 11) is 1.93. The van der Waals surface area contributed by atoms with Crippen LogP contribution in [0.1, 0.15) is 11.1 Å². The lowest BCUT2D eigenvalue weighted by atomic mass is 10.2. The fraction of sp³-hybridized carbons (Fsp3) is 0.235. The number of carbonyl (C=O) groups excluding carboxylic acids is 1. The Morgan fingerprint density at radius 2 is 1.76 bits per heavy atom. The van der Waals surface area contributed by atoms with Crippen molar-refractivity contribution in [3.63, 3.8) is 0 Å². The molecular weight excluding hydrogens is 284 g/mol. The lowest BCUT2D eigenvalue weighted by Gasteiger charge is -2.16. The second kappa shape index (κ2) is 7.81. The van der Waals surface area contributed by atoms with E-state index in [-0.39, 0.29) is 5.91 Å². The Morgan fingerprint density at radius 1 is 1.10 bits per heavy atom. The van der Waals surface area contributed by atoms with Crippen LogP contribution in [0.15, 0.2) is 54.6 Å². The summed E-state index contributed by atoms with van der Waals surface area (Å²) >= 11 is 6.06. The summed E-state index contributed by atoms with van der Waals surface area (Å²) in [6.07, 6.45) is 0. The van der Waals surface area contributed by atoms with Crippen molar-refractivity contribution in [2.45, 2.75) is 13.1 Å². The molecule has 1 amide bonds. The molecule has 0 aliphatic rings. The topological polar surface area (TPSA) is 32.3 Å². The van der Waals surface area contributed by atoms with Gasteiger partial charge in [-0.2, -0.15) is 0 Å². The molecule has 2 aromatic carbocycles. The predicted octanol–water partition coefficient (Wildman–Crippen LogP) is 3.09. The quantitative estimate of drug-likeness (QED) is 0.889. The highest BCUT2D eigenvalue weighted by Crippen LogP contribution is 2.14.